The van der Waals surface area contributed by atoms with Crippen LogP contribution in [0.25, 0.3) is 0 Å². The molecule has 3 heterocycles. The third kappa shape index (κ3) is 2.42. The van der Waals surface area contributed by atoms with Gasteiger partial charge in [-0.3, -0.25) is 9.80 Å². The molecule has 3 aliphatic heterocycles. The van der Waals surface area contributed by atoms with Gasteiger partial charge >= 0.3 is 6.09 Å². The van der Waals surface area contributed by atoms with E-state index in [9.17, 15) is 9.90 Å². The number of benzene rings is 1. The Morgan fingerprint density at radius 3 is 2.74 bits per heavy atom. The number of rotatable bonds is 3. The molecular weight excluding hydrogens is 292 g/mol. The van der Waals surface area contributed by atoms with Crippen LogP contribution in [0.15, 0.2) is 30.3 Å². The molecule has 4 rings (SSSR count). The van der Waals surface area contributed by atoms with E-state index in [4.69, 9.17) is 4.74 Å². The first-order valence-electron chi connectivity index (χ1n) is 8.60. The third-order valence-corrected chi connectivity index (χ3v) is 5.62. The number of aliphatic hydroxyl groups excluding tert-OH is 1. The number of fused-ring (bicyclic) bond motifs is 2. The summed E-state index contributed by atoms with van der Waals surface area (Å²) in [6, 6.07) is 10.4. The lowest BCUT2D eigenvalue weighted by atomic mass is 9.86. The lowest BCUT2D eigenvalue weighted by molar-refractivity contribution is 0.00753. The van der Waals surface area contributed by atoms with Crippen molar-refractivity contribution in [2.24, 2.45) is 5.92 Å². The Kier molecular flexibility index (Phi) is 3.77. The molecule has 1 aromatic carbocycles. The Balaban J connectivity index is 1.58. The standard InChI is InChI=1S/C18H24N2O3/c1-2-23-18(22)20-14-8-13-9-15(20)17(21)16(14)19(11-13)10-12-6-4-3-5-7-12/h3-7,13-17,21H,2,8-11H2,1H3/t13-,14-,15+,16?,17-/m0/s1. The fourth-order valence-corrected chi connectivity index (χ4v) is 4.83. The molecule has 1 amide bonds. The van der Waals surface area contributed by atoms with Crippen LogP contribution in [0.3, 0.4) is 0 Å². The van der Waals surface area contributed by atoms with Crippen LogP contribution in [0.2, 0.25) is 0 Å². The van der Waals surface area contributed by atoms with Crippen LogP contribution in [0.5, 0.6) is 0 Å². The number of nitrogens with zero attached hydrogens (tertiary/aromatic N) is 2. The average Bonchev–Trinajstić information content (AvgIpc) is 2.65. The van der Waals surface area contributed by atoms with Crippen LogP contribution in [-0.2, 0) is 11.3 Å². The highest BCUT2D eigenvalue weighted by Gasteiger charge is 2.59. The molecule has 3 aliphatic rings. The average molecular weight is 316 g/mol. The van der Waals surface area contributed by atoms with E-state index in [-0.39, 0.29) is 24.2 Å². The molecule has 1 N–H and O–H groups in total. The van der Waals surface area contributed by atoms with E-state index in [1.165, 1.54) is 5.56 Å². The van der Waals surface area contributed by atoms with Gasteiger partial charge < -0.3 is 9.84 Å². The van der Waals surface area contributed by atoms with Gasteiger partial charge in [-0.05, 0) is 31.2 Å². The second-order valence-corrected chi connectivity index (χ2v) is 6.97. The summed E-state index contributed by atoms with van der Waals surface area (Å²) in [6.45, 7) is 4.06. The molecule has 3 fully saturated rings. The van der Waals surface area contributed by atoms with Gasteiger partial charge in [0, 0.05) is 13.1 Å². The van der Waals surface area contributed by atoms with Crippen molar-refractivity contribution in [3.8, 4) is 0 Å². The van der Waals surface area contributed by atoms with E-state index in [1.807, 2.05) is 30.0 Å². The van der Waals surface area contributed by atoms with Crippen molar-refractivity contribution in [1.29, 1.82) is 0 Å². The summed E-state index contributed by atoms with van der Waals surface area (Å²) in [7, 11) is 0. The highest BCUT2D eigenvalue weighted by atomic mass is 16.6. The minimum atomic E-state index is -0.472. The summed E-state index contributed by atoms with van der Waals surface area (Å²) < 4.78 is 5.23. The smallest absolute Gasteiger partial charge is 0.410 e. The van der Waals surface area contributed by atoms with E-state index in [0.29, 0.717) is 12.5 Å². The summed E-state index contributed by atoms with van der Waals surface area (Å²) in [5.74, 6) is 0.563. The van der Waals surface area contributed by atoms with Crippen LogP contribution in [0.1, 0.15) is 25.3 Å². The van der Waals surface area contributed by atoms with Gasteiger partial charge in [0.05, 0.1) is 30.8 Å². The lowest BCUT2D eigenvalue weighted by Crippen LogP contribution is -2.57. The number of hydrogen-bond acceptors (Lipinski definition) is 4. The van der Waals surface area contributed by atoms with Crippen molar-refractivity contribution in [1.82, 2.24) is 9.80 Å². The molecule has 0 aliphatic carbocycles. The Morgan fingerprint density at radius 2 is 2.00 bits per heavy atom. The maximum absolute atomic E-state index is 12.3. The largest absolute Gasteiger partial charge is 0.450 e. The molecule has 124 valence electrons. The minimum Gasteiger partial charge on any atom is -0.450 e. The second-order valence-electron chi connectivity index (χ2n) is 6.97. The molecule has 1 aromatic rings. The number of piperidine rings is 2. The van der Waals surface area contributed by atoms with Gasteiger partial charge in [-0.2, -0.15) is 0 Å². The highest BCUT2D eigenvalue weighted by Crippen LogP contribution is 2.46. The summed E-state index contributed by atoms with van der Waals surface area (Å²) in [5, 5.41) is 10.8. The van der Waals surface area contributed by atoms with Crippen LogP contribution >= 0.6 is 0 Å². The monoisotopic (exact) mass is 316 g/mol. The minimum absolute atomic E-state index is 0.0309. The Bertz CT molecular complexity index is 579. The van der Waals surface area contributed by atoms with Gasteiger partial charge in [-0.1, -0.05) is 30.3 Å². The van der Waals surface area contributed by atoms with Crippen molar-refractivity contribution in [2.75, 3.05) is 13.2 Å². The predicted octanol–water partition coefficient (Wildman–Crippen LogP) is 1.85. The molecule has 0 aromatic heterocycles. The van der Waals surface area contributed by atoms with E-state index >= 15 is 0 Å². The molecule has 5 nitrogen and oxygen atoms in total. The first-order chi connectivity index (χ1) is 11.2. The summed E-state index contributed by atoms with van der Waals surface area (Å²) in [5.41, 5.74) is 1.26. The van der Waals surface area contributed by atoms with E-state index in [0.717, 1.165) is 25.9 Å². The molecule has 5 atom stereocenters. The summed E-state index contributed by atoms with van der Waals surface area (Å²) in [4.78, 5) is 16.5. The molecule has 0 radical (unpaired) electrons. The number of likely N-dealkylation sites (tertiary alicyclic amines) is 1. The van der Waals surface area contributed by atoms with Crippen LogP contribution in [0.4, 0.5) is 4.79 Å². The van der Waals surface area contributed by atoms with Gasteiger partial charge in [0.1, 0.15) is 0 Å². The molecule has 23 heavy (non-hydrogen) atoms. The van der Waals surface area contributed by atoms with Gasteiger partial charge in [0.15, 0.2) is 0 Å². The van der Waals surface area contributed by atoms with Gasteiger partial charge in [0.2, 0.25) is 0 Å². The highest BCUT2D eigenvalue weighted by molar-refractivity contribution is 5.70. The maximum Gasteiger partial charge on any atom is 0.410 e. The summed E-state index contributed by atoms with van der Waals surface area (Å²) >= 11 is 0. The van der Waals surface area contributed by atoms with Crippen molar-refractivity contribution in [2.45, 2.75) is 50.5 Å². The van der Waals surface area contributed by atoms with Gasteiger partial charge in [0.25, 0.3) is 0 Å². The fraction of sp³-hybridized carbons (Fsp3) is 0.611. The van der Waals surface area contributed by atoms with E-state index in [2.05, 4.69) is 17.0 Å². The lowest BCUT2D eigenvalue weighted by Gasteiger charge is -2.46. The molecule has 5 heteroatoms. The molecule has 0 spiro atoms. The van der Waals surface area contributed by atoms with Crippen molar-refractivity contribution < 1.29 is 14.6 Å². The number of carbonyl (C=O) groups excluding carboxylic acids is 1. The number of hydrogen-bond donors (Lipinski definition) is 1. The first kappa shape index (κ1) is 15.0. The first-order valence-corrected chi connectivity index (χ1v) is 8.60. The number of ether oxygens (including phenoxy) is 1. The number of amides is 1. The number of aliphatic hydroxyl groups is 1. The molecule has 1 unspecified atom stereocenters. The van der Waals surface area contributed by atoms with Crippen LogP contribution in [0, 0.1) is 5.92 Å². The Hall–Kier alpha value is -1.59. The second kappa shape index (κ2) is 5.80. The molecule has 0 saturated carbocycles. The van der Waals surface area contributed by atoms with Crippen molar-refractivity contribution in [3.63, 3.8) is 0 Å². The topological polar surface area (TPSA) is 53.0 Å². The normalized spacial score (nSPS) is 35.6. The van der Waals surface area contributed by atoms with Crippen LogP contribution in [-0.4, -0.2) is 58.4 Å². The predicted molar refractivity (Wildman–Crippen MR) is 85.8 cm³/mol. The quantitative estimate of drug-likeness (QED) is 0.925. The Morgan fingerprint density at radius 1 is 1.26 bits per heavy atom. The Labute approximate surface area is 136 Å². The van der Waals surface area contributed by atoms with Crippen molar-refractivity contribution in [3.05, 3.63) is 35.9 Å². The van der Waals surface area contributed by atoms with Crippen LogP contribution < -0.4 is 0 Å². The zero-order chi connectivity index (χ0) is 16.0. The molecular formula is C18H24N2O3. The summed E-state index contributed by atoms with van der Waals surface area (Å²) in [6.07, 6.45) is 1.14. The van der Waals surface area contributed by atoms with Gasteiger partial charge in [-0.25, -0.2) is 4.79 Å². The zero-order valence-corrected chi connectivity index (χ0v) is 13.5. The zero-order valence-electron chi connectivity index (χ0n) is 13.5. The maximum atomic E-state index is 12.3. The molecule has 3 bridgehead atoms. The van der Waals surface area contributed by atoms with Crippen molar-refractivity contribution >= 4 is 6.09 Å². The van der Waals surface area contributed by atoms with E-state index in [1.54, 1.807) is 0 Å². The third-order valence-electron chi connectivity index (χ3n) is 5.62. The molecule has 3 saturated heterocycles. The number of carbonyl (C=O) groups is 1. The SMILES string of the molecule is CCOC(=O)N1[C@@H]2C[C@@H]3C[C@H]1C([C@H]2O)N(Cc1ccccc1)C3. The fourth-order valence-electron chi connectivity index (χ4n) is 4.83. The van der Waals surface area contributed by atoms with E-state index < -0.39 is 6.10 Å². The van der Waals surface area contributed by atoms with Gasteiger partial charge in [-0.15, -0.1) is 0 Å².